The highest BCUT2D eigenvalue weighted by molar-refractivity contribution is 9.10. The Morgan fingerprint density at radius 1 is 1.41 bits per heavy atom. The standard InChI is InChI=1S/C13H13BrN2O/c1-3-16-8-11(7-15-16)13(17)10-4-5-12(14)9(2)6-10/h4-8H,3H2,1-2H3. The van der Waals surface area contributed by atoms with Gasteiger partial charge in [-0.25, -0.2) is 0 Å². The third kappa shape index (κ3) is 2.47. The summed E-state index contributed by atoms with van der Waals surface area (Å²) in [6.07, 6.45) is 3.39. The first-order valence-electron chi connectivity index (χ1n) is 5.45. The van der Waals surface area contributed by atoms with E-state index in [2.05, 4.69) is 21.0 Å². The van der Waals surface area contributed by atoms with E-state index >= 15 is 0 Å². The zero-order chi connectivity index (χ0) is 12.4. The van der Waals surface area contributed by atoms with Gasteiger partial charge in [-0.3, -0.25) is 9.48 Å². The predicted molar refractivity (Wildman–Crippen MR) is 70.2 cm³/mol. The monoisotopic (exact) mass is 292 g/mol. The number of ketones is 1. The van der Waals surface area contributed by atoms with Crippen LogP contribution in [0.4, 0.5) is 0 Å². The highest BCUT2D eigenvalue weighted by Crippen LogP contribution is 2.19. The molecule has 2 aromatic rings. The van der Waals surface area contributed by atoms with E-state index in [0.717, 1.165) is 16.6 Å². The van der Waals surface area contributed by atoms with Crippen LogP contribution in [0.15, 0.2) is 35.1 Å². The molecule has 0 unspecified atom stereocenters. The molecule has 88 valence electrons. The fourth-order valence-corrected chi connectivity index (χ4v) is 1.85. The molecule has 0 fully saturated rings. The van der Waals surface area contributed by atoms with Crippen molar-refractivity contribution in [3.8, 4) is 0 Å². The summed E-state index contributed by atoms with van der Waals surface area (Å²) in [5, 5.41) is 4.11. The minimum absolute atomic E-state index is 0.0142. The van der Waals surface area contributed by atoms with Gasteiger partial charge in [0.15, 0.2) is 5.78 Å². The first-order valence-corrected chi connectivity index (χ1v) is 6.24. The highest BCUT2D eigenvalue weighted by atomic mass is 79.9. The van der Waals surface area contributed by atoms with Crippen LogP contribution >= 0.6 is 15.9 Å². The van der Waals surface area contributed by atoms with Gasteiger partial charge in [0.25, 0.3) is 0 Å². The Labute approximate surface area is 109 Å². The quantitative estimate of drug-likeness (QED) is 0.814. The summed E-state index contributed by atoms with van der Waals surface area (Å²) in [5.41, 5.74) is 2.38. The summed E-state index contributed by atoms with van der Waals surface area (Å²) in [7, 11) is 0. The Balaban J connectivity index is 2.33. The average Bonchev–Trinajstić information content (AvgIpc) is 2.80. The van der Waals surface area contributed by atoms with Crippen molar-refractivity contribution in [3.63, 3.8) is 0 Å². The summed E-state index contributed by atoms with van der Waals surface area (Å²) in [4.78, 5) is 12.2. The Morgan fingerprint density at radius 3 is 2.76 bits per heavy atom. The number of hydrogen-bond donors (Lipinski definition) is 0. The molecule has 0 aliphatic rings. The van der Waals surface area contributed by atoms with Gasteiger partial charge >= 0.3 is 0 Å². The van der Waals surface area contributed by atoms with Gasteiger partial charge in [0, 0.05) is 22.8 Å². The van der Waals surface area contributed by atoms with Gasteiger partial charge in [0.05, 0.1) is 11.8 Å². The molecule has 0 atom stereocenters. The maximum Gasteiger partial charge on any atom is 0.196 e. The van der Waals surface area contributed by atoms with E-state index in [1.807, 2.05) is 32.0 Å². The first-order chi connectivity index (χ1) is 8.11. The third-order valence-corrected chi connectivity index (χ3v) is 3.53. The van der Waals surface area contributed by atoms with Gasteiger partial charge in [-0.1, -0.05) is 15.9 Å². The minimum Gasteiger partial charge on any atom is -0.288 e. The fourth-order valence-electron chi connectivity index (χ4n) is 1.61. The molecule has 1 aromatic heterocycles. The Bertz CT molecular complexity index is 560. The van der Waals surface area contributed by atoms with E-state index in [-0.39, 0.29) is 5.78 Å². The van der Waals surface area contributed by atoms with Gasteiger partial charge in [-0.2, -0.15) is 5.10 Å². The van der Waals surface area contributed by atoms with Crippen LogP contribution in [0.25, 0.3) is 0 Å². The van der Waals surface area contributed by atoms with Crippen LogP contribution in [0.2, 0.25) is 0 Å². The smallest absolute Gasteiger partial charge is 0.196 e. The van der Waals surface area contributed by atoms with Crippen molar-refractivity contribution in [3.05, 3.63) is 51.8 Å². The summed E-state index contributed by atoms with van der Waals surface area (Å²) in [5.74, 6) is 0.0142. The van der Waals surface area contributed by atoms with Gasteiger partial charge in [0.2, 0.25) is 0 Å². The van der Waals surface area contributed by atoms with Gasteiger partial charge in [-0.15, -0.1) is 0 Å². The molecule has 0 saturated heterocycles. The highest BCUT2D eigenvalue weighted by Gasteiger charge is 2.11. The largest absolute Gasteiger partial charge is 0.288 e. The third-order valence-electron chi connectivity index (χ3n) is 2.64. The van der Waals surface area contributed by atoms with Crippen molar-refractivity contribution in [1.29, 1.82) is 0 Å². The van der Waals surface area contributed by atoms with Crippen LogP contribution < -0.4 is 0 Å². The molecule has 0 amide bonds. The van der Waals surface area contributed by atoms with Crippen molar-refractivity contribution < 1.29 is 4.79 Å². The Kier molecular flexibility index (Phi) is 3.43. The second-order valence-corrected chi connectivity index (χ2v) is 4.73. The molecule has 0 N–H and O–H groups in total. The van der Waals surface area contributed by atoms with E-state index in [9.17, 15) is 4.79 Å². The van der Waals surface area contributed by atoms with Crippen molar-refractivity contribution in [2.45, 2.75) is 20.4 Å². The molecule has 0 aliphatic carbocycles. The Hall–Kier alpha value is -1.42. The molecule has 0 saturated carbocycles. The van der Waals surface area contributed by atoms with Crippen LogP contribution in [0, 0.1) is 6.92 Å². The number of rotatable bonds is 3. The zero-order valence-corrected chi connectivity index (χ0v) is 11.4. The number of hydrogen-bond acceptors (Lipinski definition) is 2. The molecule has 0 radical (unpaired) electrons. The lowest BCUT2D eigenvalue weighted by Gasteiger charge is -2.02. The zero-order valence-electron chi connectivity index (χ0n) is 9.77. The number of aromatic nitrogens is 2. The van der Waals surface area contributed by atoms with Crippen LogP contribution in [0.5, 0.6) is 0 Å². The van der Waals surface area contributed by atoms with E-state index in [0.29, 0.717) is 11.1 Å². The number of carbonyl (C=O) groups excluding carboxylic acids is 1. The summed E-state index contributed by atoms with van der Waals surface area (Å²) >= 11 is 3.42. The Morgan fingerprint density at radius 2 is 2.18 bits per heavy atom. The molecule has 0 bridgehead atoms. The van der Waals surface area contributed by atoms with Crippen molar-refractivity contribution >= 4 is 21.7 Å². The lowest BCUT2D eigenvalue weighted by Crippen LogP contribution is -2.00. The lowest BCUT2D eigenvalue weighted by molar-refractivity contribution is 0.103. The first kappa shape index (κ1) is 12.0. The van der Waals surface area contributed by atoms with Gasteiger partial charge in [-0.05, 0) is 37.6 Å². The SMILES string of the molecule is CCn1cc(C(=O)c2ccc(Br)c(C)c2)cn1. The van der Waals surface area contributed by atoms with Crippen LogP contribution in [-0.2, 0) is 6.54 Å². The molecule has 0 aliphatic heterocycles. The fraction of sp³-hybridized carbons (Fsp3) is 0.231. The molecular formula is C13H13BrN2O. The maximum absolute atomic E-state index is 12.2. The van der Waals surface area contributed by atoms with Crippen molar-refractivity contribution in [2.24, 2.45) is 0 Å². The number of benzene rings is 1. The minimum atomic E-state index is 0.0142. The summed E-state index contributed by atoms with van der Waals surface area (Å²) in [6.45, 7) is 4.73. The predicted octanol–water partition coefficient (Wildman–Crippen LogP) is 3.20. The topological polar surface area (TPSA) is 34.9 Å². The summed E-state index contributed by atoms with van der Waals surface area (Å²) in [6, 6.07) is 5.60. The molecule has 2 rings (SSSR count). The molecular weight excluding hydrogens is 280 g/mol. The number of aryl methyl sites for hydroxylation is 2. The van der Waals surface area contributed by atoms with Crippen LogP contribution in [0.3, 0.4) is 0 Å². The number of carbonyl (C=O) groups is 1. The second kappa shape index (κ2) is 4.84. The number of halogens is 1. The molecule has 3 nitrogen and oxygen atoms in total. The van der Waals surface area contributed by atoms with Crippen LogP contribution in [-0.4, -0.2) is 15.6 Å². The number of nitrogens with zero attached hydrogens (tertiary/aromatic N) is 2. The molecule has 0 spiro atoms. The van der Waals surface area contributed by atoms with E-state index < -0.39 is 0 Å². The van der Waals surface area contributed by atoms with Gasteiger partial charge in [0.1, 0.15) is 0 Å². The maximum atomic E-state index is 12.2. The average molecular weight is 293 g/mol. The molecule has 4 heteroatoms. The normalized spacial score (nSPS) is 10.5. The van der Waals surface area contributed by atoms with Crippen molar-refractivity contribution in [2.75, 3.05) is 0 Å². The lowest BCUT2D eigenvalue weighted by atomic mass is 10.0. The van der Waals surface area contributed by atoms with Crippen LogP contribution in [0.1, 0.15) is 28.4 Å². The van der Waals surface area contributed by atoms with Crippen molar-refractivity contribution in [1.82, 2.24) is 9.78 Å². The summed E-state index contributed by atoms with van der Waals surface area (Å²) < 4.78 is 2.76. The van der Waals surface area contributed by atoms with E-state index in [1.54, 1.807) is 17.1 Å². The van der Waals surface area contributed by atoms with E-state index in [1.165, 1.54) is 0 Å². The van der Waals surface area contributed by atoms with Gasteiger partial charge < -0.3 is 0 Å². The van der Waals surface area contributed by atoms with E-state index in [4.69, 9.17) is 0 Å². The molecule has 1 aromatic carbocycles. The molecule has 17 heavy (non-hydrogen) atoms. The second-order valence-electron chi connectivity index (χ2n) is 3.88. The molecule has 1 heterocycles.